The van der Waals surface area contributed by atoms with E-state index in [0.29, 0.717) is 29.8 Å². The molecule has 0 atom stereocenters. The van der Waals surface area contributed by atoms with Crippen LogP contribution in [0, 0.1) is 23.7 Å². The number of nitrogens with zero attached hydrogens (tertiary/aromatic N) is 6. The highest BCUT2D eigenvalue weighted by atomic mass is 35.5. The Balaban J connectivity index is 0.000000389. The van der Waals surface area contributed by atoms with Gasteiger partial charge in [0.05, 0.1) is 34.6 Å². The molecule has 0 radical (unpaired) electrons. The first-order valence-electron chi connectivity index (χ1n) is 13.6. The molecule has 1 aromatic carbocycles. The predicted molar refractivity (Wildman–Crippen MR) is 180 cm³/mol. The molecule has 0 unspecified atom stereocenters. The first-order valence-corrected chi connectivity index (χ1v) is 16.5. The summed E-state index contributed by atoms with van der Waals surface area (Å²) >= 11 is 17.9. The van der Waals surface area contributed by atoms with Crippen LogP contribution in [0.15, 0.2) is 21.3 Å². The number of aliphatic carboxylic acids is 1. The Morgan fingerprint density at radius 3 is 2.25 bits per heavy atom. The van der Waals surface area contributed by atoms with E-state index in [1.165, 1.54) is 12.1 Å². The van der Waals surface area contributed by atoms with Gasteiger partial charge in [-0.2, -0.15) is 24.9 Å². The maximum absolute atomic E-state index is 12.0. The van der Waals surface area contributed by atoms with Crippen LogP contribution in [-0.4, -0.2) is 77.1 Å². The fourth-order valence-corrected chi connectivity index (χ4v) is 3.98. The lowest BCUT2D eigenvalue weighted by atomic mass is 9.97. The Hall–Kier alpha value is -3.93. The molecule has 262 valence electrons. The number of carboxylic acids is 1. The van der Waals surface area contributed by atoms with Gasteiger partial charge in [-0.25, -0.2) is 4.79 Å². The maximum atomic E-state index is 12.0. The summed E-state index contributed by atoms with van der Waals surface area (Å²) in [4.78, 5) is 50.0. The molecule has 17 nitrogen and oxygen atoms in total. The molecule has 21 heteroatoms. The highest BCUT2D eigenvalue weighted by Crippen LogP contribution is 2.33. The number of aromatic nitrogens is 5. The molecular weight excluding hydrogens is 716 g/mol. The van der Waals surface area contributed by atoms with Crippen LogP contribution in [0.25, 0.3) is 5.69 Å². The van der Waals surface area contributed by atoms with E-state index >= 15 is 0 Å². The zero-order valence-corrected chi connectivity index (χ0v) is 29.9. The lowest BCUT2D eigenvalue weighted by molar-refractivity contribution is -0.135. The summed E-state index contributed by atoms with van der Waals surface area (Å²) in [5.74, 6) is 1.83. The molecular formula is C27H35Cl3N9O8P. The lowest BCUT2D eigenvalue weighted by Crippen LogP contribution is -2.29. The average Bonchev–Trinajstić information content (AvgIpc) is 3.34. The third-order valence-corrected chi connectivity index (χ3v) is 6.37. The van der Waals surface area contributed by atoms with Gasteiger partial charge in [-0.1, -0.05) is 49.9 Å². The van der Waals surface area contributed by atoms with Crippen molar-refractivity contribution in [1.29, 1.82) is 5.26 Å². The van der Waals surface area contributed by atoms with Crippen LogP contribution in [0.3, 0.4) is 0 Å². The quantitative estimate of drug-likeness (QED) is 0.120. The van der Waals surface area contributed by atoms with Crippen LogP contribution < -0.4 is 26.4 Å². The van der Waals surface area contributed by atoms with Gasteiger partial charge in [-0.3, -0.25) is 14.7 Å². The van der Waals surface area contributed by atoms with Crippen molar-refractivity contribution < 1.29 is 33.4 Å². The van der Waals surface area contributed by atoms with Gasteiger partial charge in [0.2, 0.25) is 23.1 Å². The average molecular weight is 751 g/mol. The van der Waals surface area contributed by atoms with Gasteiger partial charge in [-0.05, 0) is 38.4 Å². The third kappa shape index (κ3) is 15.3. The van der Waals surface area contributed by atoms with Crippen molar-refractivity contribution in [1.82, 2.24) is 30.0 Å². The Kier molecular flexibility index (Phi) is 16.3. The molecule has 0 aliphatic heterocycles. The number of carbonyl (C=O) groups is 1. The molecule has 0 aliphatic rings. The standard InChI is InChI=1S/C15H14Cl2N2O3.C9H13ClN6.C3H8NO5P/c1-5-6-21-12-8-11(9(16)7-10(12)17)19-14(20)22-13(18-19)15(2,3)4;1-4-12-7-13-6(10)14-8(15-7)16-9(2,3)5-11;5-3(6)1-4-2-10(7,8)9/h1,7-8H,6H2,2-4H3;4H2,1-3H3,(H2,12,13,14,15,16);4H,1-2H2,(H,5,6)(H2,7,8,9). The van der Waals surface area contributed by atoms with Crippen LogP contribution in [0.4, 0.5) is 11.9 Å². The number of terminal acetylenes is 1. The van der Waals surface area contributed by atoms with E-state index in [9.17, 15) is 14.2 Å². The van der Waals surface area contributed by atoms with Crippen LogP contribution in [-0.2, 0) is 14.8 Å². The molecule has 0 amide bonds. The Morgan fingerprint density at radius 1 is 1.12 bits per heavy atom. The monoisotopic (exact) mass is 749 g/mol. The summed E-state index contributed by atoms with van der Waals surface area (Å²) in [6.07, 6.45) is 4.56. The predicted octanol–water partition coefficient (Wildman–Crippen LogP) is 3.91. The fraction of sp³-hybridized carbons (Fsp3) is 0.444. The van der Waals surface area contributed by atoms with Gasteiger partial charge in [0.15, 0.2) is 0 Å². The molecule has 2 heterocycles. The van der Waals surface area contributed by atoms with Gasteiger partial charge in [-0.15, -0.1) is 11.5 Å². The van der Waals surface area contributed by atoms with Crippen molar-refractivity contribution in [2.24, 2.45) is 0 Å². The summed E-state index contributed by atoms with van der Waals surface area (Å²) in [7, 11) is -4.10. The molecule has 0 aliphatic carbocycles. The van der Waals surface area contributed by atoms with Crippen molar-refractivity contribution in [3.63, 3.8) is 0 Å². The zero-order valence-electron chi connectivity index (χ0n) is 26.7. The van der Waals surface area contributed by atoms with E-state index in [1.54, 1.807) is 13.8 Å². The van der Waals surface area contributed by atoms with E-state index < -0.39 is 43.1 Å². The molecule has 0 bridgehead atoms. The number of nitriles is 1. The molecule has 0 spiro atoms. The summed E-state index contributed by atoms with van der Waals surface area (Å²) in [6, 6.07) is 5.04. The zero-order chi connectivity index (χ0) is 36.9. The van der Waals surface area contributed by atoms with E-state index in [-0.39, 0.29) is 27.9 Å². The second-order valence-corrected chi connectivity index (χ2v) is 13.6. The normalized spacial score (nSPS) is 11.1. The number of ether oxygens (including phenoxy) is 1. The number of halogens is 3. The van der Waals surface area contributed by atoms with Crippen molar-refractivity contribution in [2.45, 2.75) is 52.5 Å². The molecule has 0 fully saturated rings. The van der Waals surface area contributed by atoms with Gasteiger partial charge in [0.1, 0.15) is 17.9 Å². The number of carboxylic acid groups (broad SMARTS) is 1. The number of hydrogen-bond donors (Lipinski definition) is 6. The topological polar surface area (TPSA) is 251 Å². The number of hydrogen-bond acceptors (Lipinski definition) is 13. The van der Waals surface area contributed by atoms with Crippen LogP contribution >= 0.6 is 42.4 Å². The highest BCUT2D eigenvalue weighted by Gasteiger charge is 2.24. The molecule has 0 saturated carbocycles. The number of anilines is 2. The maximum Gasteiger partial charge on any atom is 0.442 e. The molecule has 2 aromatic heterocycles. The van der Waals surface area contributed by atoms with Crippen molar-refractivity contribution >= 4 is 60.3 Å². The SMILES string of the molecule is C#CCOc1cc(-n2nc(C(C)(C)C)oc2=O)c(Cl)cc1Cl.CCNc1nc(Cl)nc(NC(C)(C)C#N)n1.O=C(O)CNCP(=O)(O)O. The van der Waals surface area contributed by atoms with E-state index in [0.717, 1.165) is 4.68 Å². The molecule has 3 rings (SSSR count). The number of benzene rings is 1. The number of nitrogens with one attached hydrogen (secondary N) is 3. The van der Waals surface area contributed by atoms with Crippen molar-refractivity contribution in [3.8, 4) is 29.8 Å². The van der Waals surface area contributed by atoms with E-state index in [4.69, 9.17) is 70.5 Å². The summed E-state index contributed by atoms with van der Waals surface area (Å²) in [5.41, 5.74) is -0.859. The van der Waals surface area contributed by atoms with E-state index in [2.05, 4.69) is 48.0 Å². The fourth-order valence-electron chi connectivity index (χ4n) is 2.90. The molecule has 6 N–H and O–H groups in total. The summed E-state index contributed by atoms with van der Waals surface area (Å²) in [5, 5.41) is 29.5. The first-order chi connectivity index (χ1) is 22.1. The summed E-state index contributed by atoms with van der Waals surface area (Å²) in [6.45, 7) is 11.3. The lowest BCUT2D eigenvalue weighted by Gasteiger charge is -2.17. The molecule has 3 aromatic rings. The van der Waals surface area contributed by atoms with Crippen LogP contribution in [0.2, 0.25) is 15.3 Å². The Labute approximate surface area is 291 Å². The van der Waals surface area contributed by atoms with E-state index in [1.807, 2.05) is 27.7 Å². The smallest absolute Gasteiger partial charge is 0.442 e. The number of rotatable bonds is 11. The largest absolute Gasteiger partial charge is 0.480 e. The van der Waals surface area contributed by atoms with Crippen LogP contribution in [0.1, 0.15) is 47.4 Å². The third-order valence-electron chi connectivity index (χ3n) is 4.97. The Morgan fingerprint density at radius 2 is 1.75 bits per heavy atom. The minimum absolute atomic E-state index is 0.0434. The van der Waals surface area contributed by atoms with Gasteiger partial charge in [0.25, 0.3) is 0 Å². The van der Waals surface area contributed by atoms with Crippen molar-refractivity contribution in [3.05, 3.63) is 43.9 Å². The van der Waals surface area contributed by atoms with Gasteiger partial charge in [0, 0.05) is 18.0 Å². The first kappa shape index (κ1) is 42.1. The Bertz CT molecular complexity index is 1740. The minimum Gasteiger partial charge on any atom is -0.480 e. The molecule has 0 saturated heterocycles. The van der Waals surface area contributed by atoms with Gasteiger partial charge < -0.3 is 34.7 Å². The second kappa shape index (κ2) is 18.6. The highest BCUT2D eigenvalue weighted by molar-refractivity contribution is 7.51. The second-order valence-electron chi connectivity index (χ2n) is 10.8. The molecule has 48 heavy (non-hydrogen) atoms. The minimum atomic E-state index is -4.10. The van der Waals surface area contributed by atoms with Crippen molar-refractivity contribution in [2.75, 3.05) is 36.6 Å². The van der Waals surface area contributed by atoms with Crippen LogP contribution in [0.5, 0.6) is 5.75 Å². The summed E-state index contributed by atoms with van der Waals surface area (Å²) < 4.78 is 21.6. The van der Waals surface area contributed by atoms with Gasteiger partial charge >= 0.3 is 19.3 Å².